The van der Waals surface area contributed by atoms with Crippen LogP contribution in [0.15, 0.2) is 115 Å². The van der Waals surface area contributed by atoms with Crippen LogP contribution in [0.3, 0.4) is 0 Å². The zero-order valence-corrected chi connectivity index (χ0v) is 23.3. The van der Waals surface area contributed by atoms with Crippen molar-refractivity contribution in [2.75, 3.05) is 11.4 Å². The number of nitrogens with zero attached hydrogens (tertiary/aromatic N) is 1. The fourth-order valence-corrected chi connectivity index (χ4v) is 5.99. The molecule has 0 fully saturated rings. The summed E-state index contributed by atoms with van der Waals surface area (Å²) in [6, 6.07) is 33.7. The standard InChI is InChI=1S/C32H33N2O6P/c35-30(36)17-10-22-33-31(37)29(23-24-18-20-26(21-19-24)25-11-4-1-5-12-25)34(28-15-8-3-9-16-28)32(41(38,39)40)27-13-6-2-7-14-27/h1-9,11-16,18-21,29,32H,10,17,22-23H2,(H,33,37)(H,35,36)(H2,38,39,40)/t29-,32?/m0/s1. The molecule has 0 saturated carbocycles. The Kier molecular flexibility index (Phi) is 10.1. The van der Waals surface area contributed by atoms with Crippen molar-refractivity contribution < 1.29 is 29.0 Å². The van der Waals surface area contributed by atoms with Gasteiger partial charge in [-0.05, 0) is 40.8 Å². The van der Waals surface area contributed by atoms with Gasteiger partial charge in [-0.1, -0.05) is 103 Å². The van der Waals surface area contributed by atoms with E-state index in [9.17, 15) is 23.9 Å². The first-order valence-electron chi connectivity index (χ1n) is 13.3. The number of anilines is 1. The molecule has 0 bridgehead atoms. The van der Waals surface area contributed by atoms with Gasteiger partial charge in [0, 0.05) is 25.1 Å². The molecule has 4 aromatic carbocycles. The summed E-state index contributed by atoms with van der Waals surface area (Å²) >= 11 is 0. The summed E-state index contributed by atoms with van der Waals surface area (Å²) in [6.07, 6.45) is 0.271. The fourth-order valence-electron chi connectivity index (χ4n) is 4.81. The van der Waals surface area contributed by atoms with Crippen LogP contribution >= 0.6 is 7.60 Å². The maximum atomic E-state index is 13.8. The molecule has 1 unspecified atom stereocenters. The number of rotatable bonds is 13. The van der Waals surface area contributed by atoms with Crippen LogP contribution in [0.1, 0.15) is 29.8 Å². The Bertz CT molecular complexity index is 1460. The van der Waals surface area contributed by atoms with E-state index in [-0.39, 0.29) is 25.8 Å². The number of amides is 1. The van der Waals surface area contributed by atoms with Gasteiger partial charge in [-0.2, -0.15) is 0 Å². The van der Waals surface area contributed by atoms with Gasteiger partial charge >= 0.3 is 13.6 Å². The minimum atomic E-state index is -4.84. The van der Waals surface area contributed by atoms with E-state index in [1.165, 1.54) is 4.90 Å². The largest absolute Gasteiger partial charge is 0.481 e. The van der Waals surface area contributed by atoms with E-state index >= 15 is 0 Å². The summed E-state index contributed by atoms with van der Waals surface area (Å²) < 4.78 is 13.1. The molecule has 41 heavy (non-hydrogen) atoms. The van der Waals surface area contributed by atoms with Crippen molar-refractivity contribution in [3.05, 3.63) is 126 Å². The van der Waals surface area contributed by atoms with E-state index in [1.807, 2.05) is 54.6 Å². The summed E-state index contributed by atoms with van der Waals surface area (Å²) in [5, 5.41) is 11.8. The molecule has 1 amide bonds. The molecule has 4 N–H and O–H groups in total. The molecule has 0 aliphatic heterocycles. The molecule has 0 saturated heterocycles. The minimum absolute atomic E-state index is 0.108. The first-order chi connectivity index (χ1) is 19.7. The molecule has 0 aromatic heterocycles. The highest BCUT2D eigenvalue weighted by molar-refractivity contribution is 7.52. The topological polar surface area (TPSA) is 127 Å². The molecule has 8 nitrogen and oxygen atoms in total. The second-order valence-corrected chi connectivity index (χ2v) is 11.4. The molecular formula is C32H33N2O6P. The molecule has 0 heterocycles. The van der Waals surface area contributed by atoms with Crippen molar-refractivity contribution in [1.82, 2.24) is 5.32 Å². The first-order valence-corrected chi connectivity index (χ1v) is 15.0. The van der Waals surface area contributed by atoms with Crippen LogP contribution in [0.5, 0.6) is 0 Å². The lowest BCUT2D eigenvalue weighted by Gasteiger charge is -2.39. The fraction of sp³-hybridized carbons (Fsp3) is 0.188. The van der Waals surface area contributed by atoms with Crippen molar-refractivity contribution in [3.8, 4) is 11.1 Å². The Morgan fingerprint density at radius 2 is 1.29 bits per heavy atom. The second kappa shape index (κ2) is 13.9. The van der Waals surface area contributed by atoms with E-state index in [4.69, 9.17) is 5.11 Å². The summed E-state index contributed by atoms with van der Waals surface area (Å²) in [6.45, 7) is 0.114. The van der Waals surface area contributed by atoms with Gasteiger partial charge in [-0.15, -0.1) is 0 Å². The molecule has 0 aliphatic carbocycles. The third kappa shape index (κ3) is 8.14. The van der Waals surface area contributed by atoms with E-state index in [0.29, 0.717) is 11.3 Å². The predicted octanol–water partition coefficient (Wildman–Crippen LogP) is 5.63. The number of aliphatic carboxylic acids is 1. The van der Waals surface area contributed by atoms with E-state index < -0.39 is 31.3 Å². The van der Waals surface area contributed by atoms with Crippen LogP contribution in [-0.4, -0.2) is 39.4 Å². The zero-order valence-electron chi connectivity index (χ0n) is 22.4. The molecule has 0 spiro atoms. The quantitative estimate of drug-likeness (QED) is 0.121. The number of para-hydroxylation sites is 1. The lowest BCUT2D eigenvalue weighted by molar-refractivity contribution is -0.137. The first kappa shape index (κ1) is 29.7. The normalized spacial score (nSPS) is 12.7. The number of carbonyl (C=O) groups excluding carboxylic acids is 1. The summed E-state index contributed by atoms with van der Waals surface area (Å²) in [7, 11) is -4.84. The number of carboxylic acids is 1. The lowest BCUT2D eigenvalue weighted by atomic mass is 9.98. The minimum Gasteiger partial charge on any atom is -0.481 e. The summed E-state index contributed by atoms with van der Waals surface area (Å²) in [5.41, 5.74) is 3.68. The van der Waals surface area contributed by atoms with Crippen LogP contribution in [-0.2, 0) is 20.6 Å². The maximum absolute atomic E-state index is 13.8. The molecule has 0 radical (unpaired) electrons. The van der Waals surface area contributed by atoms with Crippen LogP contribution < -0.4 is 10.2 Å². The summed E-state index contributed by atoms with van der Waals surface area (Å²) in [4.78, 5) is 47.6. The number of carboxylic acid groups (broad SMARTS) is 1. The number of benzene rings is 4. The third-order valence-corrected chi connectivity index (χ3v) is 7.91. The lowest BCUT2D eigenvalue weighted by Crippen LogP contribution is -2.50. The Morgan fingerprint density at radius 1 is 0.756 bits per heavy atom. The Balaban J connectivity index is 1.76. The van der Waals surface area contributed by atoms with Crippen LogP contribution in [0.2, 0.25) is 0 Å². The molecule has 4 rings (SSSR count). The van der Waals surface area contributed by atoms with Gasteiger partial charge in [-0.3, -0.25) is 14.2 Å². The number of nitrogens with one attached hydrogen (secondary N) is 1. The number of hydrogen-bond donors (Lipinski definition) is 4. The zero-order chi connectivity index (χ0) is 29.2. The highest BCUT2D eigenvalue weighted by Crippen LogP contribution is 2.55. The van der Waals surface area contributed by atoms with Crippen molar-refractivity contribution in [1.29, 1.82) is 0 Å². The van der Waals surface area contributed by atoms with E-state index in [1.54, 1.807) is 60.7 Å². The number of carbonyl (C=O) groups is 2. The second-order valence-electron chi connectivity index (χ2n) is 9.69. The van der Waals surface area contributed by atoms with Crippen molar-refractivity contribution >= 4 is 25.2 Å². The highest BCUT2D eigenvalue weighted by atomic mass is 31.2. The average molecular weight is 573 g/mol. The van der Waals surface area contributed by atoms with Crippen molar-refractivity contribution in [2.45, 2.75) is 31.1 Å². The van der Waals surface area contributed by atoms with E-state index in [0.717, 1.165) is 16.7 Å². The number of hydrogen-bond acceptors (Lipinski definition) is 4. The van der Waals surface area contributed by atoms with Gasteiger partial charge in [0.15, 0.2) is 5.78 Å². The Hall–Kier alpha value is -4.23. The van der Waals surface area contributed by atoms with Crippen molar-refractivity contribution in [3.63, 3.8) is 0 Å². The Labute approximate surface area is 239 Å². The molecule has 9 heteroatoms. The van der Waals surface area contributed by atoms with Gasteiger partial charge in [0.1, 0.15) is 6.04 Å². The van der Waals surface area contributed by atoms with Gasteiger partial charge in [0.2, 0.25) is 5.91 Å². The molecule has 212 valence electrons. The SMILES string of the molecule is O=C(O)CCCNC(=O)[C@H](Cc1ccc(-c2ccccc2)cc1)N(c1ccccc1)C(c1ccccc1)P(=O)(O)O. The predicted molar refractivity (Wildman–Crippen MR) is 159 cm³/mol. The van der Waals surface area contributed by atoms with Crippen LogP contribution in [0.25, 0.3) is 11.1 Å². The monoisotopic (exact) mass is 572 g/mol. The molecule has 2 atom stereocenters. The Morgan fingerprint density at radius 3 is 1.85 bits per heavy atom. The molecule has 4 aromatic rings. The van der Waals surface area contributed by atoms with Gasteiger partial charge in [0.25, 0.3) is 0 Å². The van der Waals surface area contributed by atoms with E-state index in [2.05, 4.69) is 5.32 Å². The third-order valence-electron chi connectivity index (χ3n) is 6.73. The van der Waals surface area contributed by atoms with Gasteiger partial charge in [-0.25, -0.2) is 0 Å². The van der Waals surface area contributed by atoms with Crippen LogP contribution in [0.4, 0.5) is 5.69 Å². The highest BCUT2D eigenvalue weighted by Gasteiger charge is 2.42. The smallest absolute Gasteiger partial charge is 0.352 e. The maximum Gasteiger partial charge on any atom is 0.352 e. The van der Waals surface area contributed by atoms with Crippen LogP contribution in [0, 0.1) is 0 Å². The summed E-state index contributed by atoms with van der Waals surface area (Å²) in [5.74, 6) is -2.86. The molecular weight excluding hydrogens is 539 g/mol. The average Bonchev–Trinajstić information content (AvgIpc) is 2.98. The van der Waals surface area contributed by atoms with Crippen molar-refractivity contribution in [2.24, 2.45) is 0 Å². The van der Waals surface area contributed by atoms with Gasteiger partial charge in [0.05, 0.1) is 0 Å². The molecule has 0 aliphatic rings. The van der Waals surface area contributed by atoms with Gasteiger partial charge < -0.3 is 25.1 Å².